The van der Waals surface area contributed by atoms with Gasteiger partial charge in [-0.05, 0) is 5.92 Å². The third-order valence-corrected chi connectivity index (χ3v) is 2.30. The van der Waals surface area contributed by atoms with Crippen LogP contribution >= 0.6 is 12.4 Å². The third-order valence-electron chi connectivity index (χ3n) is 2.30. The van der Waals surface area contributed by atoms with Crippen LogP contribution in [0.1, 0.15) is 13.8 Å². The number of nitrogens with one attached hydrogen (secondary N) is 1. The fraction of sp³-hybridized carbons (Fsp3) is 0.636. The van der Waals surface area contributed by atoms with E-state index in [0.29, 0.717) is 11.9 Å². The molecule has 3 N–H and O–H groups in total. The molecule has 104 valence electrons. The van der Waals surface area contributed by atoms with E-state index in [1.807, 2.05) is 10.8 Å². The first-order chi connectivity index (χ1) is 8.08. The highest BCUT2D eigenvalue weighted by atomic mass is 35.5. The topological polar surface area (TPSA) is 82.2 Å². The zero-order valence-electron chi connectivity index (χ0n) is 10.9. The molecule has 1 aromatic rings. The van der Waals surface area contributed by atoms with E-state index in [1.54, 1.807) is 6.20 Å². The monoisotopic (exact) mass is 276 g/mol. The van der Waals surface area contributed by atoms with Gasteiger partial charge >= 0.3 is 0 Å². The Balaban J connectivity index is 0.00000289. The number of hydrogen-bond acceptors (Lipinski definition) is 4. The number of methoxy groups -OCH3 is 1. The summed E-state index contributed by atoms with van der Waals surface area (Å²) in [4.78, 5) is 15.8. The molecule has 1 amide bonds. The maximum Gasteiger partial charge on any atom is 0.257 e. The normalized spacial score (nSPS) is 12.1. The molecule has 0 aromatic carbocycles. The Labute approximate surface area is 113 Å². The molecule has 0 aliphatic rings. The molecular formula is C11H21ClN4O2. The van der Waals surface area contributed by atoms with Gasteiger partial charge in [0.25, 0.3) is 5.91 Å². The van der Waals surface area contributed by atoms with E-state index in [4.69, 9.17) is 10.5 Å². The summed E-state index contributed by atoms with van der Waals surface area (Å²) in [5, 5.41) is 2.71. The molecule has 7 heteroatoms. The number of hydrogen-bond donors (Lipinski definition) is 2. The SMILES string of the molecule is COC(CN)C(=O)Nc1nccn1CC(C)C.Cl. The Morgan fingerprint density at radius 3 is 2.78 bits per heavy atom. The van der Waals surface area contributed by atoms with Gasteiger partial charge in [0, 0.05) is 32.6 Å². The van der Waals surface area contributed by atoms with Crippen molar-refractivity contribution in [3.8, 4) is 0 Å². The van der Waals surface area contributed by atoms with Gasteiger partial charge in [-0.3, -0.25) is 10.1 Å². The lowest BCUT2D eigenvalue weighted by Crippen LogP contribution is -2.36. The Bertz CT molecular complexity index is 364. The van der Waals surface area contributed by atoms with Crippen LogP contribution in [-0.4, -0.2) is 35.2 Å². The number of carbonyl (C=O) groups excluding carboxylic acids is 1. The molecule has 0 aliphatic heterocycles. The number of ether oxygens (including phenoxy) is 1. The number of nitrogens with zero attached hydrogens (tertiary/aromatic N) is 2. The van der Waals surface area contributed by atoms with Crippen molar-refractivity contribution in [1.29, 1.82) is 0 Å². The molecule has 0 aliphatic carbocycles. The van der Waals surface area contributed by atoms with Crippen molar-refractivity contribution in [2.24, 2.45) is 11.7 Å². The zero-order valence-corrected chi connectivity index (χ0v) is 11.7. The number of amides is 1. The molecule has 0 saturated heterocycles. The van der Waals surface area contributed by atoms with E-state index >= 15 is 0 Å². The highest BCUT2D eigenvalue weighted by Crippen LogP contribution is 2.08. The van der Waals surface area contributed by atoms with Gasteiger partial charge in [-0.25, -0.2) is 4.98 Å². The van der Waals surface area contributed by atoms with Crippen LogP contribution in [0.3, 0.4) is 0 Å². The highest BCUT2D eigenvalue weighted by Gasteiger charge is 2.17. The standard InChI is InChI=1S/C11H20N4O2.ClH/c1-8(2)7-15-5-4-13-11(15)14-10(16)9(6-12)17-3;/h4-5,8-9H,6-7,12H2,1-3H3,(H,13,14,16);1H. The maximum absolute atomic E-state index is 11.7. The lowest BCUT2D eigenvalue weighted by atomic mass is 10.2. The molecule has 0 bridgehead atoms. The minimum atomic E-state index is -0.640. The Kier molecular flexibility index (Phi) is 7.58. The smallest absolute Gasteiger partial charge is 0.257 e. The van der Waals surface area contributed by atoms with Crippen LogP contribution in [0.2, 0.25) is 0 Å². The minimum Gasteiger partial charge on any atom is -0.370 e. The van der Waals surface area contributed by atoms with Crippen LogP contribution in [0.25, 0.3) is 0 Å². The summed E-state index contributed by atoms with van der Waals surface area (Å²) in [7, 11) is 1.46. The zero-order chi connectivity index (χ0) is 12.8. The van der Waals surface area contributed by atoms with E-state index in [2.05, 4.69) is 24.1 Å². The van der Waals surface area contributed by atoms with E-state index in [0.717, 1.165) is 6.54 Å². The first-order valence-corrected chi connectivity index (χ1v) is 5.63. The number of halogens is 1. The van der Waals surface area contributed by atoms with E-state index in [1.165, 1.54) is 7.11 Å². The van der Waals surface area contributed by atoms with Gasteiger partial charge in [0.15, 0.2) is 0 Å². The summed E-state index contributed by atoms with van der Waals surface area (Å²) in [6, 6.07) is 0. The molecule has 1 atom stereocenters. The van der Waals surface area contributed by atoms with Crippen molar-refractivity contribution in [2.45, 2.75) is 26.5 Å². The summed E-state index contributed by atoms with van der Waals surface area (Å²) in [6.45, 7) is 5.15. The average Bonchev–Trinajstić information content (AvgIpc) is 2.66. The van der Waals surface area contributed by atoms with Crippen LogP contribution in [0.15, 0.2) is 12.4 Å². The first-order valence-electron chi connectivity index (χ1n) is 5.63. The summed E-state index contributed by atoms with van der Waals surface area (Å²) >= 11 is 0. The second-order valence-electron chi connectivity index (χ2n) is 4.25. The molecule has 0 saturated carbocycles. The second kappa shape index (κ2) is 8.07. The minimum absolute atomic E-state index is 0. The van der Waals surface area contributed by atoms with Crippen molar-refractivity contribution in [3.63, 3.8) is 0 Å². The van der Waals surface area contributed by atoms with Crippen LogP contribution < -0.4 is 11.1 Å². The summed E-state index contributed by atoms with van der Waals surface area (Å²) < 4.78 is 6.85. The lowest BCUT2D eigenvalue weighted by Gasteiger charge is -2.14. The van der Waals surface area contributed by atoms with E-state index in [-0.39, 0.29) is 24.9 Å². The second-order valence-corrected chi connectivity index (χ2v) is 4.25. The molecule has 0 fully saturated rings. The van der Waals surface area contributed by atoms with Crippen molar-refractivity contribution >= 4 is 24.3 Å². The van der Waals surface area contributed by atoms with Gasteiger partial charge in [0.05, 0.1) is 0 Å². The molecule has 0 radical (unpaired) electrons. The van der Waals surface area contributed by atoms with Crippen LogP contribution in [0.4, 0.5) is 5.95 Å². The van der Waals surface area contributed by atoms with Gasteiger partial charge in [0.1, 0.15) is 6.10 Å². The fourth-order valence-electron chi connectivity index (χ4n) is 1.47. The van der Waals surface area contributed by atoms with Gasteiger partial charge in [-0.1, -0.05) is 13.8 Å². The predicted molar refractivity (Wildman–Crippen MR) is 72.8 cm³/mol. The lowest BCUT2D eigenvalue weighted by molar-refractivity contribution is -0.125. The van der Waals surface area contributed by atoms with Crippen molar-refractivity contribution in [2.75, 3.05) is 19.0 Å². The van der Waals surface area contributed by atoms with Crippen molar-refractivity contribution < 1.29 is 9.53 Å². The largest absolute Gasteiger partial charge is 0.370 e. The molecule has 6 nitrogen and oxygen atoms in total. The number of aromatic nitrogens is 2. The van der Waals surface area contributed by atoms with Crippen LogP contribution in [-0.2, 0) is 16.1 Å². The summed E-state index contributed by atoms with van der Waals surface area (Å²) in [5.74, 6) is 0.734. The quantitative estimate of drug-likeness (QED) is 0.808. The number of rotatable bonds is 6. The first kappa shape index (κ1) is 16.9. The highest BCUT2D eigenvalue weighted by molar-refractivity contribution is 5.92. The summed E-state index contributed by atoms with van der Waals surface area (Å²) in [5.41, 5.74) is 5.42. The predicted octanol–water partition coefficient (Wildman–Crippen LogP) is 0.873. The molecule has 0 spiro atoms. The van der Waals surface area contributed by atoms with Crippen molar-refractivity contribution in [3.05, 3.63) is 12.4 Å². The number of anilines is 1. The van der Waals surface area contributed by atoms with Crippen molar-refractivity contribution in [1.82, 2.24) is 9.55 Å². The van der Waals surface area contributed by atoms with Crippen LogP contribution in [0, 0.1) is 5.92 Å². The van der Waals surface area contributed by atoms with Gasteiger partial charge in [-0.15, -0.1) is 12.4 Å². The van der Waals surface area contributed by atoms with Gasteiger partial charge in [0.2, 0.25) is 5.95 Å². The summed E-state index contributed by atoms with van der Waals surface area (Å²) in [6.07, 6.45) is 2.85. The van der Waals surface area contributed by atoms with Gasteiger partial charge in [-0.2, -0.15) is 0 Å². The van der Waals surface area contributed by atoms with E-state index < -0.39 is 6.10 Å². The molecule has 18 heavy (non-hydrogen) atoms. The Hall–Kier alpha value is -1.11. The molecule has 1 heterocycles. The average molecular weight is 277 g/mol. The molecular weight excluding hydrogens is 256 g/mol. The Morgan fingerprint density at radius 2 is 2.28 bits per heavy atom. The third kappa shape index (κ3) is 4.64. The molecule has 1 unspecified atom stereocenters. The number of imidazole rings is 1. The Morgan fingerprint density at radius 1 is 1.61 bits per heavy atom. The molecule has 1 aromatic heterocycles. The van der Waals surface area contributed by atoms with Gasteiger partial charge < -0.3 is 15.0 Å². The number of carbonyl (C=O) groups is 1. The number of nitrogens with two attached hydrogens (primary N) is 1. The fourth-order valence-corrected chi connectivity index (χ4v) is 1.47. The molecule has 1 rings (SSSR count). The van der Waals surface area contributed by atoms with E-state index in [9.17, 15) is 4.79 Å². The maximum atomic E-state index is 11.7. The van der Waals surface area contributed by atoms with Crippen LogP contribution in [0.5, 0.6) is 0 Å².